The Hall–Kier alpha value is -0.890. The van der Waals surface area contributed by atoms with Crippen LogP contribution in [0.5, 0.6) is 0 Å². The van der Waals surface area contributed by atoms with Crippen LogP contribution in [0.25, 0.3) is 0 Å². The van der Waals surface area contributed by atoms with Gasteiger partial charge in [-0.05, 0) is 36.1 Å². The molecule has 2 atom stereocenters. The molecular weight excluding hydrogens is 177 g/mol. The first kappa shape index (κ1) is 9.66. The minimum Gasteiger partial charge on any atom is -0.310 e. The van der Waals surface area contributed by atoms with Crippen LogP contribution >= 0.6 is 0 Å². The summed E-state index contributed by atoms with van der Waals surface area (Å²) in [5, 5.41) is 3.39. The van der Waals surface area contributed by atoms with E-state index in [2.05, 4.69) is 19.2 Å². The van der Waals surface area contributed by atoms with Gasteiger partial charge in [-0.25, -0.2) is 4.39 Å². The molecule has 1 N–H and O–H groups in total. The molecule has 2 unspecified atom stereocenters. The first-order valence-corrected chi connectivity index (χ1v) is 5.25. The average Bonchev–Trinajstić information content (AvgIpc) is 2.46. The molecule has 0 saturated carbocycles. The second-order valence-electron chi connectivity index (χ2n) is 3.99. The third kappa shape index (κ3) is 1.44. The molecule has 1 aliphatic carbocycles. The summed E-state index contributed by atoms with van der Waals surface area (Å²) >= 11 is 0. The summed E-state index contributed by atoms with van der Waals surface area (Å²) in [6.07, 6.45) is 1.02. The van der Waals surface area contributed by atoms with E-state index in [1.54, 1.807) is 12.1 Å². The normalized spacial score (nSPS) is 25.1. The summed E-state index contributed by atoms with van der Waals surface area (Å²) < 4.78 is 13.5. The Morgan fingerprint density at radius 3 is 3.00 bits per heavy atom. The molecule has 2 rings (SSSR count). The predicted molar refractivity (Wildman–Crippen MR) is 55.8 cm³/mol. The smallest absolute Gasteiger partial charge is 0.127 e. The van der Waals surface area contributed by atoms with E-state index in [-0.39, 0.29) is 5.82 Å². The molecule has 1 aromatic rings. The highest BCUT2D eigenvalue weighted by Crippen LogP contribution is 2.40. The third-order valence-electron chi connectivity index (χ3n) is 2.99. The Labute approximate surface area is 84.3 Å². The minimum atomic E-state index is -0.0459. The largest absolute Gasteiger partial charge is 0.310 e. The van der Waals surface area contributed by atoms with Crippen LogP contribution in [0, 0.1) is 5.82 Å². The molecule has 1 aromatic carbocycles. The summed E-state index contributed by atoms with van der Waals surface area (Å²) in [5.74, 6) is 0.297. The Kier molecular flexibility index (Phi) is 2.55. The Morgan fingerprint density at radius 1 is 1.50 bits per heavy atom. The van der Waals surface area contributed by atoms with E-state index in [1.165, 1.54) is 0 Å². The molecule has 0 bridgehead atoms. The molecule has 1 aliphatic rings. The van der Waals surface area contributed by atoms with Crippen molar-refractivity contribution in [2.24, 2.45) is 0 Å². The van der Waals surface area contributed by atoms with Crippen LogP contribution in [-0.2, 0) is 0 Å². The molecule has 0 radical (unpaired) electrons. The fraction of sp³-hybridized carbons (Fsp3) is 0.500. The SMILES string of the molecule is CCNC1CC(C)c2c(F)cccc21. The predicted octanol–water partition coefficient (Wildman–Crippen LogP) is 2.98. The van der Waals surface area contributed by atoms with Crippen molar-refractivity contribution in [3.05, 3.63) is 35.1 Å². The summed E-state index contributed by atoms with van der Waals surface area (Å²) in [7, 11) is 0. The van der Waals surface area contributed by atoms with Crippen LogP contribution in [0.4, 0.5) is 4.39 Å². The zero-order chi connectivity index (χ0) is 10.1. The van der Waals surface area contributed by atoms with E-state index in [0.717, 1.165) is 24.1 Å². The van der Waals surface area contributed by atoms with Gasteiger partial charge in [-0.2, -0.15) is 0 Å². The average molecular weight is 193 g/mol. The van der Waals surface area contributed by atoms with Gasteiger partial charge in [0.1, 0.15) is 5.82 Å². The maximum Gasteiger partial charge on any atom is 0.127 e. The molecule has 0 aromatic heterocycles. The van der Waals surface area contributed by atoms with Crippen LogP contribution < -0.4 is 5.32 Å². The number of fused-ring (bicyclic) bond motifs is 1. The van der Waals surface area contributed by atoms with Gasteiger partial charge in [-0.3, -0.25) is 0 Å². The van der Waals surface area contributed by atoms with E-state index in [1.807, 2.05) is 6.07 Å². The van der Waals surface area contributed by atoms with Gasteiger partial charge >= 0.3 is 0 Å². The lowest BCUT2D eigenvalue weighted by molar-refractivity contribution is 0.518. The van der Waals surface area contributed by atoms with Crippen molar-refractivity contribution in [2.45, 2.75) is 32.2 Å². The Bertz CT molecular complexity index is 335. The van der Waals surface area contributed by atoms with Crippen LogP contribution in [0.15, 0.2) is 18.2 Å². The lowest BCUT2D eigenvalue weighted by Crippen LogP contribution is -2.18. The molecule has 0 amide bonds. The van der Waals surface area contributed by atoms with E-state index in [0.29, 0.717) is 12.0 Å². The minimum absolute atomic E-state index is 0.0459. The number of halogens is 1. The van der Waals surface area contributed by atoms with Crippen LogP contribution in [0.3, 0.4) is 0 Å². The van der Waals surface area contributed by atoms with Gasteiger partial charge in [0.05, 0.1) is 0 Å². The van der Waals surface area contributed by atoms with Gasteiger partial charge < -0.3 is 5.32 Å². The molecule has 0 saturated heterocycles. The van der Waals surface area contributed by atoms with Gasteiger partial charge in [-0.1, -0.05) is 26.0 Å². The van der Waals surface area contributed by atoms with Crippen molar-refractivity contribution in [1.29, 1.82) is 0 Å². The van der Waals surface area contributed by atoms with Gasteiger partial charge in [0.15, 0.2) is 0 Å². The highest BCUT2D eigenvalue weighted by atomic mass is 19.1. The quantitative estimate of drug-likeness (QED) is 0.761. The van der Waals surface area contributed by atoms with Crippen molar-refractivity contribution in [3.63, 3.8) is 0 Å². The Morgan fingerprint density at radius 2 is 2.29 bits per heavy atom. The topological polar surface area (TPSA) is 12.0 Å². The van der Waals surface area contributed by atoms with E-state index in [4.69, 9.17) is 0 Å². The van der Waals surface area contributed by atoms with Crippen LogP contribution in [0.1, 0.15) is 43.4 Å². The molecule has 1 nitrogen and oxygen atoms in total. The fourth-order valence-corrected chi connectivity index (χ4v) is 2.42. The van der Waals surface area contributed by atoms with E-state index in [9.17, 15) is 4.39 Å². The molecular formula is C12H16FN. The van der Waals surface area contributed by atoms with Crippen molar-refractivity contribution < 1.29 is 4.39 Å². The number of benzene rings is 1. The van der Waals surface area contributed by atoms with E-state index >= 15 is 0 Å². The molecule has 0 fully saturated rings. The maximum atomic E-state index is 13.5. The summed E-state index contributed by atoms with van der Waals surface area (Å²) in [6, 6.07) is 5.75. The second-order valence-corrected chi connectivity index (χ2v) is 3.99. The number of rotatable bonds is 2. The van der Waals surface area contributed by atoms with Gasteiger partial charge in [0.25, 0.3) is 0 Å². The van der Waals surface area contributed by atoms with Gasteiger partial charge in [-0.15, -0.1) is 0 Å². The molecule has 2 heteroatoms. The number of hydrogen-bond acceptors (Lipinski definition) is 1. The summed E-state index contributed by atoms with van der Waals surface area (Å²) in [5.41, 5.74) is 2.07. The highest BCUT2D eigenvalue weighted by Gasteiger charge is 2.29. The lowest BCUT2D eigenvalue weighted by Gasteiger charge is -2.11. The van der Waals surface area contributed by atoms with Crippen molar-refractivity contribution in [3.8, 4) is 0 Å². The maximum absolute atomic E-state index is 13.5. The zero-order valence-electron chi connectivity index (χ0n) is 8.68. The van der Waals surface area contributed by atoms with Crippen LogP contribution in [-0.4, -0.2) is 6.54 Å². The lowest BCUT2D eigenvalue weighted by atomic mass is 10.0. The van der Waals surface area contributed by atoms with Gasteiger partial charge in [0, 0.05) is 6.04 Å². The highest BCUT2D eigenvalue weighted by molar-refractivity contribution is 5.38. The second kappa shape index (κ2) is 3.70. The number of nitrogens with one attached hydrogen (secondary N) is 1. The van der Waals surface area contributed by atoms with E-state index < -0.39 is 0 Å². The molecule has 76 valence electrons. The molecule has 0 aliphatic heterocycles. The Balaban J connectivity index is 2.39. The van der Waals surface area contributed by atoms with Crippen molar-refractivity contribution >= 4 is 0 Å². The summed E-state index contributed by atoms with van der Waals surface area (Å²) in [6.45, 7) is 5.12. The summed E-state index contributed by atoms with van der Waals surface area (Å²) in [4.78, 5) is 0. The van der Waals surface area contributed by atoms with Crippen LogP contribution in [0.2, 0.25) is 0 Å². The van der Waals surface area contributed by atoms with Crippen molar-refractivity contribution in [2.75, 3.05) is 6.54 Å². The first-order valence-electron chi connectivity index (χ1n) is 5.25. The molecule has 0 spiro atoms. The third-order valence-corrected chi connectivity index (χ3v) is 2.99. The van der Waals surface area contributed by atoms with Crippen molar-refractivity contribution in [1.82, 2.24) is 5.32 Å². The zero-order valence-corrected chi connectivity index (χ0v) is 8.68. The van der Waals surface area contributed by atoms with Gasteiger partial charge in [0.2, 0.25) is 0 Å². The first-order chi connectivity index (χ1) is 6.74. The number of hydrogen-bond donors (Lipinski definition) is 1. The fourth-order valence-electron chi connectivity index (χ4n) is 2.42. The monoisotopic (exact) mass is 193 g/mol. The standard InChI is InChI=1S/C12H16FN/c1-3-14-11-7-8(2)12-9(11)5-4-6-10(12)13/h4-6,8,11,14H,3,7H2,1-2H3. The molecule has 0 heterocycles. The molecule has 14 heavy (non-hydrogen) atoms.